The van der Waals surface area contributed by atoms with Gasteiger partial charge >= 0.3 is 11.7 Å². The van der Waals surface area contributed by atoms with Crippen molar-refractivity contribution in [3.8, 4) is 11.1 Å². The van der Waals surface area contributed by atoms with Crippen LogP contribution in [0.15, 0.2) is 70.3 Å². The van der Waals surface area contributed by atoms with Gasteiger partial charge in [-0.2, -0.15) is 0 Å². The van der Waals surface area contributed by atoms with E-state index in [0.29, 0.717) is 11.3 Å². The number of esters is 1. The lowest BCUT2D eigenvalue weighted by molar-refractivity contribution is -0.145. The van der Waals surface area contributed by atoms with E-state index in [1.165, 1.54) is 24.7 Å². The summed E-state index contributed by atoms with van der Waals surface area (Å²) in [5.74, 6) is -0.732. The third-order valence-electron chi connectivity index (χ3n) is 4.88. The Morgan fingerprint density at radius 2 is 1.47 bits per heavy atom. The summed E-state index contributed by atoms with van der Waals surface area (Å²) in [7, 11) is 2.87. The molecule has 0 amide bonds. The van der Waals surface area contributed by atoms with Crippen LogP contribution < -0.4 is 11.2 Å². The van der Waals surface area contributed by atoms with E-state index >= 15 is 0 Å². The summed E-state index contributed by atoms with van der Waals surface area (Å²) in [5.41, 5.74) is 1.91. The highest BCUT2D eigenvalue weighted by Gasteiger charge is 2.12. The topological polar surface area (TPSA) is 87.4 Å². The first-order chi connectivity index (χ1) is 14.4. The molecule has 3 aromatic rings. The standard InChI is InChI=1S/C23H22N2O5/c1-24-19(14-21(27)25(2)23(24)29)15-30-22(28)13-12-20(26)18-10-8-17(9-11-18)16-6-4-3-5-7-16/h3-11,14H,12-13,15H2,1-2H3. The third-order valence-corrected chi connectivity index (χ3v) is 4.88. The number of carbonyl (C=O) groups excluding carboxylic acids is 2. The van der Waals surface area contributed by atoms with Gasteiger partial charge in [-0.3, -0.25) is 23.5 Å². The molecule has 0 N–H and O–H groups in total. The van der Waals surface area contributed by atoms with Gasteiger partial charge in [0, 0.05) is 32.1 Å². The summed E-state index contributed by atoms with van der Waals surface area (Å²) in [6.07, 6.45) is -0.0724. The summed E-state index contributed by atoms with van der Waals surface area (Å²) in [6, 6.07) is 18.3. The number of Topliss-reactive ketones (excluding diaryl/α,β-unsaturated/α-hetero) is 1. The van der Waals surface area contributed by atoms with Crippen molar-refractivity contribution in [3.05, 3.63) is 92.8 Å². The lowest BCUT2D eigenvalue weighted by atomic mass is 10.0. The van der Waals surface area contributed by atoms with Crippen LogP contribution in [-0.4, -0.2) is 20.9 Å². The molecule has 0 fully saturated rings. The smallest absolute Gasteiger partial charge is 0.330 e. The van der Waals surface area contributed by atoms with E-state index in [0.717, 1.165) is 15.7 Å². The highest BCUT2D eigenvalue weighted by molar-refractivity contribution is 5.97. The van der Waals surface area contributed by atoms with Gasteiger partial charge in [-0.1, -0.05) is 54.6 Å². The Hall–Kier alpha value is -3.74. The van der Waals surface area contributed by atoms with Gasteiger partial charge in [-0.25, -0.2) is 4.79 Å². The first kappa shape index (κ1) is 21.0. The molecule has 0 unspecified atom stereocenters. The maximum atomic E-state index is 12.4. The Kier molecular flexibility index (Phi) is 6.41. The number of aromatic nitrogens is 2. The molecule has 1 aromatic heterocycles. The van der Waals surface area contributed by atoms with Crippen LogP contribution in [0.1, 0.15) is 28.9 Å². The molecule has 0 radical (unpaired) electrons. The summed E-state index contributed by atoms with van der Waals surface area (Å²) >= 11 is 0. The monoisotopic (exact) mass is 406 g/mol. The molecule has 0 aliphatic carbocycles. The van der Waals surface area contributed by atoms with Gasteiger partial charge in [-0.05, 0) is 11.1 Å². The van der Waals surface area contributed by atoms with Crippen molar-refractivity contribution in [1.29, 1.82) is 0 Å². The number of carbonyl (C=O) groups is 2. The minimum Gasteiger partial charge on any atom is -0.459 e. The Bertz CT molecular complexity index is 1170. The van der Waals surface area contributed by atoms with Crippen molar-refractivity contribution in [3.63, 3.8) is 0 Å². The average molecular weight is 406 g/mol. The normalized spacial score (nSPS) is 10.6. The summed E-state index contributed by atoms with van der Waals surface area (Å²) in [4.78, 5) is 47.9. The molecule has 7 nitrogen and oxygen atoms in total. The van der Waals surface area contributed by atoms with Crippen LogP contribution in [0.5, 0.6) is 0 Å². The van der Waals surface area contributed by atoms with E-state index in [1.54, 1.807) is 12.1 Å². The largest absolute Gasteiger partial charge is 0.459 e. The van der Waals surface area contributed by atoms with Gasteiger partial charge < -0.3 is 4.74 Å². The zero-order valence-electron chi connectivity index (χ0n) is 16.8. The number of ketones is 1. The van der Waals surface area contributed by atoms with Gasteiger partial charge in [-0.15, -0.1) is 0 Å². The molecule has 0 saturated carbocycles. The highest BCUT2D eigenvalue weighted by atomic mass is 16.5. The van der Waals surface area contributed by atoms with Crippen LogP contribution in [0.25, 0.3) is 11.1 Å². The van der Waals surface area contributed by atoms with Crippen molar-refractivity contribution in [2.75, 3.05) is 0 Å². The molecule has 0 aliphatic rings. The number of hydrogen-bond acceptors (Lipinski definition) is 5. The molecule has 0 saturated heterocycles. The molecular weight excluding hydrogens is 384 g/mol. The minimum absolute atomic E-state index is 0.0129. The second-order valence-electron chi connectivity index (χ2n) is 6.90. The van der Waals surface area contributed by atoms with E-state index < -0.39 is 17.2 Å². The molecule has 2 aromatic carbocycles. The maximum absolute atomic E-state index is 12.4. The first-order valence-corrected chi connectivity index (χ1v) is 9.47. The molecule has 154 valence electrons. The lowest BCUT2D eigenvalue weighted by Gasteiger charge is -2.10. The van der Waals surface area contributed by atoms with Gasteiger partial charge in [0.15, 0.2) is 5.78 Å². The maximum Gasteiger partial charge on any atom is 0.330 e. The Morgan fingerprint density at radius 3 is 2.13 bits per heavy atom. The number of benzene rings is 2. The fourth-order valence-electron chi connectivity index (χ4n) is 2.98. The highest BCUT2D eigenvalue weighted by Crippen LogP contribution is 2.20. The van der Waals surface area contributed by atoms with Crippen molar-refractivity contribution in [2.45, 2.75) is 19.4 Å². The van der Waals surface area contributed by atoms with E-state index in [9.17, 15) is 19.2 Å². The van der Waals surface area contributed by atoms with Crippen LogP contribution in [0.2, 0.25) is 0 Å². The predicted octanol–water partition coefficient (Wildman–Crippen LogP) is 2.46. The lowest BCUT2D eigenvalue weighted by Crippen LogP contribution is -2.38. The van der Waals surface area contributed by atoms with E-state index in [2.05, 4.69) is 0 Å². The summed E-state index contributed by atoms with van der Waals surface area (Å²) < 4.78 is 7.33. The Balaban J connectivity index is 1.54. The third kappa shape index (κ3) is 4.81. The van der Waals surface area contributed by atoms with Crippen molar-refractivity contribution in [2.24, 2.45) is 14.1 Å². The van der Waals surface area contributed by atoms with E-state index in [4.69, 9.17) is 4.74 Å². The molecule has 3 rings (SSSR count). The molecule has 30 heavy (non-hydrogen) atoms. The molecular formula is C23H22N2O5. The quantitative estimate of drug-likeness (QED) is 0.444. The minimum atomic E-state index is -0.572. The van der Waals surface area contributed by atoms with Crippen LogP contribution in [-0.2, 0) is 30.2 Å². The number of hydrogen-bond donors (Lipinski definition) is 0. The Labute approximate surface area is 173 Å². The average Bonchev–Trinajstić information content (AvgIpc) is 2.78. The molecule has 0 spiro atoms. The first-order valence-electron chi connectivity index (χ1n) is 9.47. The van der Waals surface area contributed by atoms with Crippen molar-refractivity contribution < 1.29 is 14.3 Å². The molecule has 0 aliphatic heterocycles. The number of rotatable bonds is 7. The summed E-state index contributed by atoms with van der Waals surface area (Å²) in [5, 5.41) is 0. The molecule has 0 atom stereocenters. The molecule has 0 bridgehead atoms. The summed E-state index contributed by atoms with van der Waals surface area (Å²) in [6.45, 7) is -0.208. The zero-order chi connectivity index (χ0) is 21.7. The predicted molar refractivity (Wildman–Crippen MR) is 112 cm³/mol. The van der Waals surface area contributed by atoms with Crippen molar-refractivity contribution in [1.82, 2.24) is 9.13 Å². The van der Waals surface area contributed by atoms with E-state index in [1.807, 2.05) is 42.5 Å². The van der Waals surface area contributed by atoms with Gasteiger partial charge in [0.2, 0.25) is 0 Å². The second kappa shape index (κ2) is 9.17. The SMILES string of the molecule is Cn1c(COC(=O)CCC(=O)c2ccc(-c3ccccc3)cc2)cc(=O)n(C)c1=O. The van der Waals surface area contributed by atoms with Crippen LogP contribution in [0.3, 0.4) is 0 Å². The van der Waals surface area contributed by atoms with Crippen LogP contribution >= 0.6 is 0 Å². The molecule has 1 heterocycles. The fraction of sp³-hybridized carbons (Fsp3) is 0.217. The van der Waals surface area contributed by atoms with Gasteiger partial charge in [0.1, 0.15) is 6.61 Å². The Morgan fingerprint density at radius 1 is 0.833 bits per heavy atom. The van der Waals surface area contributed by atoms with Crippen LogP contribution in [0.4, 0.5) is 0 Å². The number of ether oxygens (including phenoxy) is 1. The van der Waals surface area contributed by atoms with Crippen molar-refractivity contribution >= 4 is 11.8 Å². The fourth-order valence-corrected chi connectivity index (χ4v) is 2.98. The van der Waals surface area contributed by atoms with Gasteiger partial charge in [0.05, 0.1) is 12.1 Å². The molecule has 7 heteroatoms. The zero-order valence-corrected chi connectivity index (χ0v) is 16.8. The van der Waals surface area contributed by atoms with Gasteiger partial charge in [0.25, 0.3) is 5.56 Å². The number of nitrogens with zero attached hydrogens (tertiary/aromatic N) is 2. The van der Waals surface area contributed by atoms with Crippen LogP contribution in [0, 0.1) is 0 Å². The van der Waals surface area contributed by atoms with E-state index in [-0.39, 0.29) is 25.2 Å². The second-order valence-corrected chi connectivity index (χ2v) is 6.90.